The number of methoxy groups -OCH3 is 2. The fourth-order valence-corrected chi connectivity index (χ4v) is 2.94. The van der Waals surface area contributed by atoms with Crippen LogP contribution in [0.25, 0.3) is 11.0 Å². The van der Waals surface area contributed by atoms with Crippen LogP contribution in [0.4, 0.5) is 0 Å². The second-order valence-corrected chi connectivity index (χ2v) is 5.66. The van der Waals surface area contributed by atoms with E-state index in [1.807, 2.05) is 42.5 Å². The number of ether oxygens (including phenoxy) is 2. The molecule has 1 aliphatic heterocycles. The molecule has 6 heteroatoms. The van der Waals surface area contributed by atoms with Gasteiger partial charge in [0.15, 0.2) is 17.3 Å². The fourth-order valence-electron chi connectivity index (χ4n) is 2.94. The molecule has 6 nitrogen and oxygen atoms in total. The molecular formula is C18H18N4O2. The molecule has 0 saturated heterocycles. The summed E-state index contributed by atoms with van der Waals surface area (Å²) < 4.78 is 10.7. The van der Waals surface area contributed by atoms with Crippen molar-refractivity contribution >= 4 is 16.7 Å². The molecule has 1 unspecified atom stereocenters. The topological polar surface area (TPSA) is 71.5 Å². The molecule has 0 radical (unpaired) electrons. The summed E-state index contributed by atoms with van der Waals surface area (Å²) in [5.74, 6) is 2.25. The van der Waals surface area contributed by atoms with Crippen molar-refractivity contribution in [1.82, 2.24) is 15.4 Å². The van der Waals surface area contributed by atoms with E-state index in [2.05, 4.69) is 20.5 Å². The van der Waals surface area contributed by atoms with Gasteiger partial charge in [-0.05, 0) is 29.8 Å². The molecule has 3 aromatic rings. The van der Waals surface area contributed by atoms with Gasteiger partial charge in [-0.15, -0.1) is 0 Å². The molecule has 0 aliphatic carbocycles. The average Bonchev–Trinajstić information content (AvgIpc) is 3.27. The minimum atomic E-state index is 0.0908. The first-order valence-corrected chi connectivity index (χ1v) is 7.77. The number of aromatic nitrogens is 2. The van der Waals surface area contributed by atoms with E-state index in [4.69, 9.17) is 9.47 Å². The van der Waals surface area contributed by atoms with E-state index in [9.17, 15) is 0 Å². The van der Waals surface area contributed by atoms with E-state index in [0.717, 1.165) is 40.3 Å². The van der Waals surface area contributed by atoms with E-state index in [-0.39, 0.29) is 6.04 Å². The number of hydrogen-bond donors (Lipinski definition) is 2. The Hall–Kier alpha value is -3.02. The minimum Gasteiger partial charge on any atom is -0.493 e. The summed E-state index contributed by atoms with van der Waals surface area (Å²) >= 11 is 0. The van der Waals surface area contributed by atoms with Gasteiger partial charge in [0, 0.05) is 6.42 Å². The zero-order chi connectivity index (χ0) is 16.5. The van der Waals surface area contributed by atoms with Crippen molar-refractivity contribution in [3.8, 4) is 11.5 Å². The molecule has 0 saturated carbocycles. The number of nitrogens with zero attached hydrogens (tertiary/aromatic N) is 2. The number of hydrogen-bond acceptors (Lipinski definition) is 5. The maximum atomic E-state index is 5.38. The second kappa shape index (κ2) is 5.88. The molecule has 0 amide bonds. The third-order valence-electron chi connectivity index (χ3n) is 4.23. The smallest absolute Gasteiger partial charge is 0.161 e. The first kappa shape index (κ1) is 14.6. The molecule has 2 N–H and O–H groups in total. The van der Waals surface area contributed by atoms with Crippen LogP contribution in [-0.4, -0.2) is 29.9 Å². The molecule has 1 atom stereocenters. The number of imidazole rings is 1. The highest BCUT2D eigenvalue weighted by molar-refractivity contribution is 6.01. The Bertz CT molecular complexity index is 883. The molecule has 2 heterocycles. The van der Waals surface area contributed by atoms with E-state index in [1.54, 1.807) is 14.2 Å². The highest BCUT2D eigenvalue weighted by atomic mass is 16.5. The summed E-state index contributed by atoms with van der Waals surface area (Å²) in [6.45, 7) is 0. The summed E-state index contributed by atoms with van der Waals surface area (Å²) in [5, 5.41) is 4.46. The second-order valence-electron chi connectivity index (χ2n) is 5.66. The van der Waals surface area contributed by atoms with E-state index < -0.39 is 0 Å². The van der Waals surface area contributed by atoms with Crippen molar-refractivity contribution in [2.75, 3.05) is 14.2 Å². The lowest BCUT2D eigenvalue weighted by Crippen LogP contribution is -2.10. The molecule has 0 bridgehead atoms. The van der Waals surface area contributed by atoms with Gasteiger partial charge in [0.05, 0.1) is 31.3 Å². The summed E-state index contributed by atoms with van der Waals surface area (Å²) in [5.41, 5.74) is 7.18. The molecular weight excluding hydrogens is 304 g/mol. The molecule has 1 aromatic heterocycles. The van der Waals surface area contributed by atoms with Crippen LogP contribution in [0.2, 0.25) is 0 Å². The van der Waals surface area contributed by atoms with Crippen LogP contribution in [0, 0.1) is 0 Å². The monoisotopic (exact) mass is 322 g/mol. The van der Waals surface area contributed by atoms with Gasteiger partial charge in [-0.3, -0.25) is 0 Å². The number of rotatable bonds is 4. The van der Waals surface area contributed by atoms with Gasteiger partial charge >= 0.3 is 0 Å². The minimum absolute atomic E-state index is 0.0908. The summed E-state index contributed by atoms with van der Waals surface area (Å²) in [4.78, 5) is 7.94. The van der Waals surface area contributed by atoms with Crippen molar-refractivity contribution < 1.29 is 9.47 Å². The number of para-hydroxylation sites is 2. The number of hydrazone groups is 1. The normalized spacial score (nSPS) is 16.8. The van der Waals surface area contributed by atoms with E-state index >= 15 is 0 Å². The van der Waals surface area contributed by atoms with Gasteiger partial charge in [-0.2, -0.15) is 5.10 Å². The lowest BCUT2D eigenvalue weighted by molar-refractivity contribution is 0.354. The molecule has 4 rings (SSSR count). The van der Waals surface area contributed by atoms with Gasteiger partial charge < -0.3 is 19.9 Å². The third-order valence-corrected chi connectivity index (χ3v) is 4.23. The van der Waals surface area contributed by atoms with Crippen LogP contribution < -0.4 is 14.9 Å². The largest absolute Gasteiger partial charge is 0.493 e. The number of nitrogens with one attached hydrogen (secondary N) is 2. The predicted octanol–water partition coefficient (Wildman–Crippen LogP) is 3.02. The summed E-state index contributed by atoms with van der Waals surface area (Å²) in [6.07, 6.45) is 0.759. The number of fused-ring (bicyclic) bond motifs is 1. The van der Waals surface area contributed by atoms with Crippen molar-refractivity contribution in [1.29, 1.82) is 0 Å². The van der Waals surface area contributed by atoms with Gasteiger partial charge in [0.2, 0.25) is 0 Å². The maximum absolute atomic E-state index is 5.38. The number of benzene rings is 2. The highest BCUT2D eigenvalue weighted by Crippen LogP contribution is 2.32. The van der Waals surface area contributed by atoms with Gasteiger partial charge in [-0.25, -0.2) is 4.98 Å². The molecule has 2 aromatic carbocycles. The van der Waals surface area contributed by atoms with Crippen LogP contribution in [0.1, 0.15) is 23.9 Å². The quantitative estimate of drug-likeness (QED) is 0.774. The van der Waals surface area contributed by atoms with Crippen molar-refractivity contribution in [3.63, 3.8) is 0 Å². The fraction of sp³-hybridized carbons (Fsp3) is 0.222. The molecule has 0 fully saturated rings. The zero-order valence-electron chi connectivity index (χ0n) is 13.5. The summed E-state index contributed by atoms with van der Waals surface area (Å²) in [6, 6.07) is 14.0. The van der Waals surface area contributed by atoms with Crippen LogP contribution >= 0.6 is 0 Å². The van der Waals surface area contributed by atoms with Crippen molar-refractivity contribution in [3.05, 3.63) is 53.9 Å². The maximum Gasteiger partial charge on any atom is 0.161 e. The zero-order valence-corrected chi connectivity index (χ0v) is 13.5. The Morgan fingerprint density at radius 1 is 1.04 bits per heavy atom. The van der Waals surface area contributed by atoms with Crippen LogP contribution in [0.3, 0.4) is 0 Å². The molecule has 0 spiro atoms. The van der Waals surface area contributed by atoms with Crippen LogP contribution in [0.5, 0.6) is 11.5 Å². The number of aromatic amines is 1. The Labute approximate surface area is 139 Å². The molecule has 1 aliphatic rings. The van der Waals surface area contributed by atoms with Crippen molar-refractivity contribution in [2.24, 2.45) is 5.10 Å². The van der Waals surface area contributed by atoms with Crippen LogP contribution in [-0.2, 0) is 0 Å². The highest BCUT2D eigenvalue weighted by Gasteiger charge is 2.24. The Morgan fingerprint density at radius 2 is 1.88 bits per heavy atom. The molecule has 24 heavy (non-hydrogen) atoms. The Kier molecular flexibility index (Phi) is 3.57. The lowest BCUT2D eigenvalue weighted by atomic mass is 10.0. The predicted molar refractivity (Wildman–Crippen MR) is 92.7 cm³/mol. The van der Waals surface area contributed by atoms with Gasteiger partial charge in [-0.1, -0.05) is 18.2 Å². The van der Waals surface area contributed by atoms with E-state index in [1.165, 1.54) is 0 Å². The molecule has 122 valence electrons. The first-order chi connectivity index (χ1) is 11.8. The standard InChI is InChI=1S/C18H18N4O2/c1-23-16-8-7-11(9-17(16)24-2)14-10-15(22-21-14)18-19-12-5-3-4-6-13(12)20-18/h3-9,14,21H,10H2,1-2H3,(H,19,20). The van der Waals surface area contributed by atoms with Gasteiger partial charge in [0.1, 0.15) is 5.71 Å². The first-order valence-electron chi connectivity index (χ1n) is 7.77. The summed E-state index contributed by atoms with van der Waals surface area (Å²) in [7, 11) is 3.27. The average molecular weight is 322 g/mol. The SMILES string of the molecule is COc1ccc(C2CC(c3nc4ccccc4[nH]3)=NN2)cc1OC. The number of H-pyrrole nitrogens is 1. The van der Waals surface area contributed by atoms with Crippen LogP contribution in [0.15, 0.2) is 47.6 Å². The lowest BCUT2D eigenvalue weighted by Gasteiger charge is -2.13. The third kappa shape index (κ3) is 2.46. The Morgan fingerprint density at radius 3 is 2.67 bits per heavy atom. The van der Waals surface area contributed by atoms with Crippen molar-refractivity contribution in [2.45, 2.75) is 12.5 Å². The van der Waals surface area contributed by atoms with Gasteiger partial charge in [0.25, 0.3) is 0 Å². The van der Waals surface area contributed by atoms with E-state index in [0.29, 0.717) is 5.75 Å². The Balaban J connectivity index is 1.57.